The summed E-state index contributed by atoms with van der Waals surface area (Å²) in [5.74, 6) is 2.53. The number of aromatic nitrogens is 4. The molecule has 3 aliphatic rings. The number of hydrogen-bond donors (Lipinski definition) is 1. The molecule has 0 radical (unpaired) electrons. The van der Waals surface area contributed by atoms with Crippen molar-refractivity contribution in [2.45, 2.75) is 87.7 Å². The minimum absolute atomic E-state index is 0.112. The third kappa shape index (κ3) is 3.57. The molecule has 0 aliphatic heterocycles. The van der Waals surface area contributed by atoms with Crippen molar-refractivity contribution in [2.24, 2.45) is 17.8 Å². The van der Waals surface area contributed by atoms with Gasteiger partial charge in [-0.25, -0.2) is 4.68 Å². The van der Waals surface area contributed by atoms with Crippen LogP contribution in [0.2, 0.25) is 0 Å². The molecule has 5 unspecified atom stereocenters. The Labute approximate surface area is 153 Å². The van der Waals surface area contributed by atoms with E-state index in [1.54, 1.807) is 0 Å². The Morgan fingerprint density at radius 1 is 1.20 bits per heavy atom. The van der Waals surface area contributed by atoms with Crippen LogP contribution < -0.4 is 5.32 Å². The van der Waals surface area contributed by atoms with Crippen LogP contribution in [0, 0.1) is 17.8 Å². The molecule has 1 amide bonds. The van der Waals surface area contributed by atoms with E-state index in [0.717, 1.165) is 29.8 Å². The van der Waals surface area contributed by atoms with Gasteiger partial charge in [-0.2, -0.15) is 0 Å². The number of tetrazole rings is 1. The molecule has 3 fully saturated rings. The summed E-state index contributed by atoms with van der Waals surface area (Å²) in [5, 5.41) is 16.0. The second-order valence-electron chi connectivity index (χ2n) is 8.24. The van der Waals surface area contributed by atoms with E-state index in [4.69, 9.17) is 0 Å². The van der Waals surface area contributed by atoms with Crippen LogP contribution >= 0.6 is 11.8 Å². The van der Waals surface area contributed by atoms with Crippen molar-refractivity contribution >= 4 is 17.7 Å². The summed E-state index contributed by atoms with van der Waals surface area (Å²) in [6.45, 7) is 4.14. The first-order valence-corrected chi connectivity index (χ1v) is 10.7. The number of carbonyl (C=O) groups is 1. The molecule has 2 bridgehead atoms. The van der Waals surface area contributed by atoms with E-state index < -0.39 is 0 Å². The Bertz CT molecular complexity index is 614. The Balaban J connectivity index is 1.32. The van der Waals surface area contributed by atoms with Crippen LogP contribution in [0.3, 0.4) is 0 Å². The Kier molecular flexibility index (Phi) is 5.02. The van der Waals surface area contributed by atoms with Gasteiger partial charge in [0.15, 0.2) is 0 Å². The van der Waals surface area contributed by atoms with Gasteiger partial charge >= 0.3 is 0 Å². The fourth-order valence-corrected chi connectivity index (χ4v) is 6.08. The summed E-state index contributed by atoms with van der Waals surface area (Å²) in [7, 11) is 0. The van der Waals surface area contributed by atoms with E-state index >= 15 is 0 Å². The molecule has 6 nitrogen and oxygen atoms in total. The minimum Gasteiger partial charge on any atom is -0.352 e. The van der Waals surface area contributed by atoms with Crippen LogP contribution in [0.25, 0.3) is 0 Å². The van der Waals surface area contributed by atoms with Crippen LogP contribution in [0.5, 0.6) is 0 Å². The van der Waals surface area contributed by atoms with Gasteiger partial charge in [-0.15, -0.1) is 5.10 Å². The summed E-state index contributed by atoms with van der Waals surface area (Å²) in [6, 6.07) is 0.678. The highest BCUT2D eigenvalue weighted by molar-refractivity contribution is 8.00. The molecule has 1 heterocycles. The summed E-state index contributed by atoms with van der Waals surface area (Å²) in [4.78, 5) is 12.7. The van der Waals surface area contributed by atoms with Crippen LogP contribution in [0.15, 0.2) is 5.16 Å². The third-order valence-electron chi connectivity index (χ3n) is 6.59. The van der Waals surface area contributed by atoms with Crippen molar-refractivity contribution < 1.29 is 4.79 Å². The highest BCUT2D eigenvalue weighted by atomic mass is 32.2. The zero-order chi connectivity index (χ0) is 17.4. The fourth-order valence-electron chi connectivity index (χ4n) is 5.21. The van der Waals surface area contributed by atoms with Gasteiger partial charge in [-0.3, -0.25) is 4.79 Å². The average Bonchev–Trinajstić information content (AvgIpc) is 3.37. The maximum Gasteiger partial charge on any atom is 0.233 e. The van der Waals surface area contributed by atoms with E-state index in [9.17, 15) is 4.79 Å². The predicted molar refractivity (Wildman–Crippen MR) is 97.2 cm³/mol. The van der Waals surface area contributed by atoms with Crippen LogP contribution in [-0.2, 0) is 4.79 Å². The van der Waals surface area contributed by atoms with E-state index in [1.807, 2.05) is 11.6 Å². The van der Waals surface area contributed by atoms with Gasteiger partial charge in [0.25, 0.3) is 0 Å². The van der Waals surface area contributed by atoms with E-state index in [0.29, 0.717) is 12.0 Å². The predicted octanol–water partition coefficient (Wildman–Crippen LogP) is 3.21. The number of rotatable bonds is 6. The van der Waals surface area contributed by atoms with Gasteiger partial charge in [-0.1, -0.05) is 31.0 Å². The third-order valence-corrected chi connectivity index (χ3v) is 7.64. The Morgan fingerprint density at radius 3 is 2.68 bits per heavy atom. The van der Waals surface area contributed by atoms with Crippen LogP contribution in [-0.4, -0.2) is 37.4 Å². The van der Waals surface area contributed by atoms with Crippen molar-refractivity contribution in [1.29, 1.82) is 0 Å². The van der Waals surface area contributed by atoms with Crippen molar-refractivity contribution in [1.82, 2.24) is 25.5 Å². The first kappa shape index (κ1) is 17.3. The molecule has 1 aromatic heterocycles. The molecule has 7 heteroatoms. The van der Waals surface area contributed by atoms with E-state index in [2.05, 4.69) is 27.8 Å². The molecule has 25 heavy (non-hydrogen) atoms. The molecule has 0 spiro atoms. The number of fused-ring (bicyclic) bond motifs is 2. The molecule has 3 saturated carbocycles. The topological polar surface area (TPSA) is 72.7 Å². The Hall–Kier alpha value is -1.11. The molecule has 5 atom stereocenters. The minimum atomic E-state index is -0.174. The molecule has 0 saturated heterocycles. The molecular formula is C18H29N5OS. The van der Waals surface area contributed by atoms with Crippen LogP contribution in [0.1, 0.15) is 71.3 Å². The molecule has 1 aromatic rings. The van der Waals surface area contributed by atoms with Gasteiger partial charge in [0.2, 0.25) is 11.1 Å². The van der Waals surface area contributed by atoms with Gasteiger partial charge in [-0.05, 0) is 74.1 Å². The largest absolute Gasteiger partial charge is 0.352 e. The highest BCUT2D eigenvalue weighted by Crippen LogP contribution is 2.49. The number of thioether (sulfide) groups is 1. The highest BCUT2D eigenvalue weighted by Gasteiger charge is 2.42. The number of nitrogens with one attached hydrogen (secondary N) is 1. The molecule has 0 aromatic carbocycles. The smallest absolute Gasteiger partial charge is 0.233 e. The first-order valence-electron chi connectivity index (χ1n) is 9.86. The summed E-state index contributed by atoms with van der Waals surface area (Å²) < 4.78 is 1.93. The number of nitrogens with zero attached hydrogens (tertiary/aromatic N) is 4. The standard InChI is InChI=1S/C18H29N5OS/c1-11(16-10-13-7-8-14(16)9-13)19-17(24)12(2)25-18-20-21-22-23(18)15-5-3-4-6-15/h11-16H,3-10H2,1-2H3,(H,19,24). The zero-order valence-corrected chi connectivity index (χ0v) is 16.0. The molecule has 1 N–H and O–H groups in total. The first-order chi connectivity index (χ1) is 12.1. The lowest BCUT2D eigenvalue weighted by Gasteiger charge is -2.29. The molecule has 4 rings (SSSR count). The number of carbonyl (C=O) groups excluding carboxylic acids is 1. The summed E-state index contributed by atoms with van der Waals surface area (Å²) in [5.41, 5.74) is 0. The lowest BCUT2D eigenvalue weighted by molar-refractivity contribution is -0.121. The second-order valence-corrected chi connectivity index (χ2v) is 9.55. The Morgan fingerprint density at radius 2 is 2.00 bits per heavy atom. The molecule has 3 aliphatic carbocycles. The maximum atomic E-state index is 12.7. The van der Waals surface area contributed by atoms with Gasteiger partial charge in [0, 0.05) is 6.04 Å². The normalized spacial score (nSPS) is 31.4. The lowest BCUT2D eigenvalue weighted by Crippen LogP contribution is -2.43. The van der Waals surface area contributed by atoms with Crippen molar-refractivity contribution in [3.05, 3.63) is 0 Å². The van der Waals surface area contributed by atoms with Gasteiger partial charge < -0.3 is 5.32 Å². The van der Waals surface area contributed by atoms with Gasteiger partial charge in [0.05, 0.1) is 11.3 Å². The second kappa shape index (κ2) is 7.25. The molecular weight excluding hydrogens is 334 g/mol. The van der Waals surface area contributed by atoms with Crippen LogP contribution in [0.4, 0.5) is 0 Å². The lowest BCUT2D eigenvalue weighted by atomic mass is 9.84. The summed E-state index contributed by atoms with van der Waals surface area (Å²) >= 11 is 1.49. The van der Waals surface area contributed by atoms with E-state index in [-0.39, 0.29) is 17.2 Å². The van der Waals surface area contributed by atoms with Crippen molar-refractivity contribution in [2.75, 3.05) is 0 Å². The maximum absolute atomic E-state index is 12.7. The zero-order valence-electron chi connectivity index (χ0n) is 15.2. The number of hydrogen-bond acceptors (Lipinski definition) is 5. The summed E-state index contributed by atoms with van der Waals surface area (Å²) in [6.07, 6.45) is 10.2. The molecule has 138 valence electrons. The number of amides is 1. The van der Waals surface area contributed by atoms with Crippen molar-refractivity contribution in [3.8, 4) is 0 Å². The average molecular weight is 364 g/mol. The SMILES string of the molecule is CC(Sc1nnnn1C1CCCC1)C(=O)NC(C)C1CC2CCC1C2. The van der Waals surface area contributed by atoms with Gasteiger partial charge in [0.1, 0.15) is 0 Å². The van der Waals surface area contributed by atoms with E-state index in [1.165, 1.54) is 50.3 Å². The van der Waals surface area contributed by atoms with Crippen molar-refractivity contribution in [3.63, 3.8) is 0 Å². The quantitative estimate of drug-likeness (QED) is 0.786. The fraction of sp³-hybridized carbons (Fsp3) is 0.889. The monoisotopic (exact) mass is 363 g/mol.